The summed E-state index contributed by atoms with van der Waals surface area (Å²) in [6.07, 6.45) is 0.974. The molecule has 0 aliphatic heterocycles. The van der Waals surface area contributed by atoms with E-state index in [9.17, 15) is 4.39 Å². The van der Waals surface area contributed by atoms with E-state index in [1.807, 2.05) is 17.5 Å². The summed E-state index contributed by atoms with van der Waals surface area (Å²) in [7, 11) is 0. The molecule has 84 valence electrons. The molecule has 0 saturated carbocycles. The average Bonchev–Trinajstić information content (AvgIpc) is 2.80. The summed E-state index contributed by atoms with van der Waals surface area (Å²) in [6, 6.07) is 8.98. The van der Waals surface area contributed by atoms with Crippen LogP contribution in [-0.2, 0) is 0 Å². The summed E-state index contributed by atoms with van der Waals surface area (Å²) in [6.45, 7) is 2.12. The largest absolute Gasteiger partial charge is 0.378 e. The summed E-state index contributed by atoms with van der Waals surface area (Å²) < 4.78 is 12.8. The third-order valence-corrected chi connectivity index (χ3v) is 3.23. The second-order valence-corrected chi connectivity index (χ2v) is 4.45. The van der Waals surface area contributed by atoms with Gasteiger partial charge in [-0.25, -0.2) is 4.39 Å². The molecule has 1 nitrogen and oxygen atoms in total. The Labute approximate surface area is 98.9 Å². The third-order valence-electron chi connectivity index (χ3n) is 2.54. The van der Waals surface area contributed by atoms with Crippen LogP contribution >= 0.6 is 11.3 Å². The summed E-state index contributed by atoms with van der Waals surface area (Å²) in [5.41, 5.74) is 2.25. The van der Waals surface area contributed by atoms with Crippen molar-refractivity contribution in [3.63, 3.8) is 0 Å². The number of hydrogen-bond acceptors (Lipinski definition) is 2. The molecule has 1 aromatic heterocycles. The van der Waals surface area contributed by atoms with E-state index in [4.69, 9.17) is 0 Å². The Morgan fingerprint density at radius 2 is 2.00 bits per heavy atom. The van der Waals surface area contributed by atoms with Crippen LogP contribution in [0.25, 0.3) is 0 Å². The molecule has 16 heavy (non-hydrogen) atoms. The molecule has 3 heteroatoms. The highest BCUT2D eigenvalue weighted by Gasteiger charge is 2.08. The van der Waals surface area contributed by atoms with Gasteiger partial charge in [0.15, 0.2) is 0 Å². The van der Waals surface area contributed by atoms with Gasteiger partial charge in [0, 0.05) is 11.1 Å². The molecule has 1 N–H and O–H groups in total. The summed E-state index contributed by atoms with van der Waals surface area (Å²) >= 11 is 1.67. The van der Waals surface area contributed by atoms with E-state index >= 15 is 0 Å². The van der Waals surface area contributed by atoms with Crippen LogP contribution < -0.4 is 5.32 Å². The van der Waals surface area contributed by atoms with Crippen molar-refractivity contribution in [1.29, 1.82) is 0 Å². The lowest BCUT2D eigenvalue weighted by atomic mass is 10.0. The number of anilines is 1. The Bertz CT molecular complexity index is 422. The maximum Gasteiger partial charge on any atom is 0.123 e. The van der Waals surface area contributed by atoms with Crippen LogP contribution in [0.1, 0.15) is 24.9 Å². The van der Waals surface area contributed by atoms with Crippen molar-refractivity contribution >= 4 is 17.0 Å². The highest BCUT2D eigenvalue weighted by atomic mass is 32.1. The molecular formula is C13H14FNS. The number of benzene rings is 1. The molecule has 0 fully saturated rings. The minimum absolute atomic E-state index is 0.186. The van der Waals surface area contributed by atoms with Crippen molar-refractivity contribution in [1.82, 2.24) is 0 Å². The molecule has 1 unspecified atom stereocenters. The number of halogens is 1. The van der Waals surface area contributed by atoms with Crippen molar-refractivity contribution in [2.24, 2.45) is 0 Å². The van der Waals surface area contributed by atoms with Gasteiger partial charge in [0.25, 0.3) is 0 Å². The maximum atomic E-state index is 12.8. The van der Waals surface area contributed by atoms with Gasteiger partial charge in [-0.05, 0) is 35.6 Å². The van der Waals surface area contributed by atoms with Crippen LogP contribution in [0.2, 0.25) is 0 Å². The zero-order valence-electron chi connectivity index (χ0n) is 9.11. The fourth-order valence-electron chi connectivity index (χ4n) is 1.66. The monoisotopic (exact) mass is 235 g/mol. The first kappa shape index (κ1) is 11.1. The standard InChI is InChI=1S/C13H14FNS/c1-2-13(15-12-7-8-16-9-12)10-3-5-11(14)6-4-10/h3-9,13,15H,2H2,1H3. The highest BCUT2D eigenvalue weighted by molar-refractivity contribution is 7.08. The quantitative estimate of drug-likeness (QED) is 0.825. The number of thiophene rings is 1. The van der Waals surface area contributed by atoms with E-state index in [0.717, 1.165) is 17.7 Å². The van der Waals surface area contributed by atoms with Gasteiger partial charge in [0.1, 0.15) is 5.82 Å². The van der Waals surface area contributed by atoms with E-state index in [-0.39, 0.29) is 11.9 Å². The topological polar surface area (TPSA) is 12.0 Å². The first-order valence-corrected chi connectivity index (χ1v) is 6.28. The Morgan fingerprint density at radius 1 is 1.25 bits per heavy atom. The molecule has 0 amide bonds. The normalized spacial score (nSPS) is 12.4. The zero-order valence-corrected chi connectivity index (χ0v) is 9.93. The van der Waals surface area contributed by atoms with Crippen molar-refractivity contribution in [2.45, 2.75) is 19.4 Å². The zero-order chi connectivity index (χ0) is 11.4. The van der Waals surface area contributed by atoms with Crippen molar-refractivity contribution in [3.05, 3.63) is 52.5 Å². The maximum absolute atomic E-state index is 12.8. The summed E-state index contributed by atoms with van der Waals surface area (Å²) in [5, 5.41) is 7.55. The van der Waals surface area contributed by atoms with Crippen molar-refractivity contribution in [3.8, 4) is 0 Å². The molecule has 0 saturated heterocycles. The molecule has 1 heterocycles. The number of hydrogen-bond donors (Lipinski definition) is 1. The third kappa shape index (κ3) is 2.61. The van der Waals surface area contributed by atoms with Crippen LogP contribution in [0.15, 0.2) is 41.1 Å². The first-order valence-electron chi connectivity index (χ1n) is 5.34. The minimum atomic E-state index is -0.186. The lowest BCUT2D eigenvalue weighted by molar-refractivity contribution is 0.625. The Morgan fingerprint density at radius 3 is 2.56 bits per heavy atom. The molecule has 0 spiro atoms. The van der Waals surface area contributed by atoms with Gasteiger partial charge in [0.05, 0.1) is 6.04 Å². The highest BCUT2D eigenvalue weighted by Crippen LogP contribution is 2.23. The van der Waals surface area contributed by atoms with E-state index < -0.39 is 0 Å². The molecular weight excluding hydrogens is 221 g/mol. The van der Waals surface area contributed by atoms with Crippen molar-refractivity contribution < 1.29 is 4.39 Å². The van der Waals surface area contributed by atoms with Gasteiger partial charge in [-0.2, -0.15) is 11.3 Å². The molecule has 0 aliphatic carbocycles. The Hall–Kier alpha value is -1.35. The molecule has 0 radical (unpaired) electrons. The fourth-order valence-corrected chi connectivity index (χ4v) is 2.26. The van der Waals surface area contributed by atoms with Crippen LogP contribution in [0.3, 0.4) is 0 Å². The minimum Gasteiger partial charge on any atom is -0.378 e. The second kappa shape index (κ2) is 5.12. The molecule has 1 atom stereocenters. The number of nitrogens with one attached hydrogen (secondary N) is 1. The predicted molar refractivity (Wildman–Crippen MR) is 67.4 cm³/mol. The molecule has 1 aromatic carbocycles. The predicted octanol–water partition coefficient (Wildman–Crippen LogP) is 4.45. The molecule has 0 aliphatic rings. The van der Waals surface area contributed by atoms with Gasteiger partial charge in [0.2, 0.25) is 0 Å². The number of rotatable bonds is 4. The lowest BCUT2D eigenvalue weighted by Crippen LogP contribution is -2.08. The van der Waals surface area contributed by atoms with Gasteiger partial charge < -0.3 is 5.32 Å². The van der Waals surface area contributed by atoms with Gasteiger partial charge in [-0.1, -0.05) is 19.1 Å². The van der Waals surface area contributed by atoms with E-state index in [2.05, 4.69) is 23.7 Å². The Kier molecular flexibility index (Phi) is 3.57. The van der Waals surface area contributed by atoms with Crippen LogP contribution in [0.4, 0.5) is 10.1 Å². The van der Waals surface area contributed by atoms with Crippen LogP contribution in [0.5, 0.6) is 0 Å². The summed E-state index contributed by atoms with van der Waals surface area (Å²) in [4.78, 5) is 0. The summed E-state index contributed by atoms with van der Waals surface area (Å²) in [5.74, 6) is -0.186. The van der Waals surface area contributed by atoms with E-state index in [0.29, 0.717) is 0 Å². The second-order valence-electron chi connectivity index (χ2n) is 3.67. The van der Waals surface area contributed by atoms with Gasteiger partial charge in [-0.3, -0.25) is 0 Å². The fraction of sp³-hybridized carbons (Fsp3) is 0.231. The van der Waals surface area contributed by atoms with Crippen LogP contribution in [-0.4, -0.2) is 0 Å². The molecule has 0 bridgehead atoms. The smallest absolute Gasteiger partial charge is 0.123 e. The van der Waals surface area contributed by atoms with Gasteiger partial charge >= 0.3 is 0 Å². The van der Waals surface area contributed by atoms with Crippen molar-refractivity contribution in [2.75, 3.05) is 5.32 Å². The average molecular weight is 235 g/mol. The van der Waals surface area contributed by atoms with Crippen LogP contribution in [0, 0.1) is 5.82 Å². The Balaban J connectivity index is 2.13. The van der Waals surface area contributed by atoms with E-state index in [1.54, 1.807) is 11.3 Å². The van der Waals surface area contributed by atoms with Gasteiger partial charge in [-0.15, -0.1) is 0 Å². The molecule has 2 rings (SSSR count). The SMILES string of the molecule is CCC(Nc1ccsc1)c1ccc(F)cc1. The first-order chi connectivity index (χ1) is 7.79. The van der Waals surface area contributed by atoms with E-state index in [1.165, 1.54) is 12.1 Å². The molecule has 2 aromatic rings. The lowest BCUT2D eigenvalue weighted by Gasteiger charge is -2.17.